The number of aromatic nitrogens is 2. The first-order chi connectivity index (χ1) is 29.3. The molecule has 2 saturated heterocycles. The molecule has 3 aliphatic rings. The number of thioether (sulfide) groups is 2. The van der Waals surface area contributed by atoms with Crippen LogP contribution in [-0.2, 0) is 19.1 Å². The lowest BCUT2D eigenvalue weighted by Crippen LogP contribution is -2.50. The fourth-order valence-corrected chi connectivity index (χ4v) is 9.92. The SMILES string of the molecule is COC(=O)N[C@@H](C(=O)N1CSC[C@H]1C1=NCC(c2ccc(-c3ccc(-c4cnc([C@@H]5CSCN5C(=O)[C@H](NC(=O)OC)c5ccccc5)[nH]4)cc3)cc2)N1)c1ccccc1. The van der Waals surface area contributed by atoms with Crippen LogP contribution in [0.2, 0.25) is 0 Å². The maximum atomic E-state index is 13.9. The Balaban J connectivity index is 0.898. The van der Waals surface area contributed by atoms with Crippen molar-refractivity contribution in [3.8, 4) is 22.4 Å². The molecule has 0 spiro atoms. The number of aliphatic imine (C=N–C) groups is 1. The van der Waals surface area contributed by atoms with Crippen LogP contribution >= 0.6 is 23.5 Å². The van der Waals surface area contributed by atoms with E-state index in [0.29, 0.717) is 46.8 Å². The molecule has 4 aromatic carbocycles. The van der Waals surface area contributed by atoms with Gasteiger partial charge >= 0.3 is 12.2 Å². The van der Waals surface area contributed by atoms with Crippen LogP contribution in [0.25, 0.3) is 22.4 Å². The topological polar surface area (TPSA) is 170 Å². The number of amidine groups is 1. The molecule has 5 atom stereocenters. The summed E-state index contributed by atoms with van der Waals surface area (Å²) in [5, 5.41) is 9.00. The first-order valence-corrected chi connectivity index (χ1v) is 21.7. The average molecular weight is 845 g/mol. The lowest BCUT2D eigenvalue weighted by atomic mass is 9.99. The van der Waals surface area contributed by atoms with E-state index in [0.717, 1.165) is 33.8 Å². The van der Waals surface area contributed by atoms with E-state index in [1.165, 1.54) is 14.2 Å². The zero-order valence-electron chi connectivity index (χ0n) is 32.9. The van der Waals surface area contributed by atoms with E-state index in [4.69, 9.17) is 19.5 Å². The summed E-state index contributed by atoms with van der Waals surface area (Å²) >= 11 is 3.29. The van der Waals surface area contributed by atoms with Gasteiger partial charge in [-0.1, -0.05) is 109 Å². The second-order valence-corrected chi connectivity index (χ2v) is 16.4. The molecule has 16 heteroatoms. The molecule has 4 N–H and O–H groups in total. The van der Waals surface area contributed by atoms with Crippen LogP contribution in [-0.4, -0.2) is 99.7 Å². The predicted octanol–water partition coefficient (Wildman–Crippen LogP) is 6.46. The molecule has 8 rings (SSSR count). The number of ether oxygens (including phenoxy) is 2. The number of amides is 4. The molecule has 4 amide bonds. The highest BCUT2D eigenvalue weighted by Crippen LogP contribution is 2.36. The van der Waals surface area contributed by atoms with Crippen molar-refractivity contribution in [2.24, 2.45) is 4.99 Å². The molecule has 0 bridgehead atoms. The predicted molar refractivity (Wildman–Crippen MR) is 232 cm³/mol. The third kappa shape index (κ3) is 8.70. The lowest BCUT2D eigenvalue weighted by Gasteiger charge is -2.29. The van der Waals surface area contributed by atoms with Gasteiger partial charge in [-0.2, -0.15) is 0 Å². The summed E-state index contributed by atoms with van der Waals surface area (Å²) in [6, 6.07) is 32.6. The maximum Gasteiger partial charge on any atom is 0.407 e. The third-order valence-electron chi connectivity index (χ3n) is 10.8. The van der Waals surface area contributed by atoms with Crippen molar-refractivity contribution >= 4 is 53.4 Å². The molecule has 1 unspecified atom stereocenters. The third-order valence-corrected chi connectivity index (χ3v) is 12.8. The number of imidazole rings is 1. The van der Waals surface area contributed by atoms with Gasteiger partial charge < -0.3 is 40.2 Å². The van der Waals surface area contributed by atoms with Crippen LogP contribution in [0.4, 0.5) is 9.59 Å². The van der Waals surface area contributed by atoms with Crippen LogP contribution in [0.3, 0.4) is 0 Å². The zero-order valence-corrected chi connectivity index (χ0v) is 34.6. The minimum atomic E-state index is -0.895. The molecule has 1 aromatic heterocycles. The normalized spacial score (nSPS) is 19.5. The summed E-state index contributed by atoms with van der Waals surface area (Å²) in [5.74, 6) is 3.32. The van der Waals surface area contributed by atoms with Gasteiger partial charge in [-0.25, -0.2) is 14.6 Å². The highest BCUT2D eigenvalue weighted by Gasteiger charge is 2.40. The van der Waals surface area contributed by atoms with Crippen molar-refractivity contribution in [1.29, 1.82) is 0 Å². The van der Waals surface area contributed by atoms with Gasteiger partial charge in [0.1, 0.15) is 23.7 Å². The standard InChI is InChI=1S/C44H44N8O6S2/c1-57-43(55)49-37(31-9-5-3-6-10-31)41(53)51-25-59-23-35(51)39-45-21-33(47-39)29-17-13-27(14-18-29)28-15-19-30(20-16-28)34-22-46-40(48-34)36-24-60-26-52(36)42(54)38(50-44(56)58-2)32-11-7-4-8-12-32/h3-21,34-38H,22-26H2,1-2H3,(H,45,47)(H,46,48)(H,49,55)(H,50,56)/t34?,35-,36-,37+,38+/m0/s1. The van der Waals surface area contributed by atoms with Crippen molar-refractivity contribution in [3.63, 3.8) is 0 Å². The Kier molecular flexibility index (Phi) is 12.4. The van der Waals surface area contributed by atoms with Gasteiger partial charge in [-0.05, 0) is 33.4 Å². The fourth-order valence-electron chi connectivity index (χ4n) is 7.58. The van der Waals surface area contributed by atoms with Crippen LogP contribution < -0.4 is 16.0 Å². The smallest absolute Gasteiger partial charge is 0.407 e. The van der Waals surface area contributed by atoms with E-state index in [1.807, 2.05) is 72.8 Å². The Morgan fingerprint density at radius 3 is 1.73 bits per heavy atom. The number of H-pyrrole nitrogens is 1. The number of carbonyl (C=O) groups is 4. The van der Waals surface area contributed by atoms with Gasteiger partial charge in [-0.15, -0.1) is 23.5 Å². The molecule has 0 saturated carbocycles. The number of alkyl carbamates (subject to hydrolysis) is 2. The van der Waals surface area contributed by atoms with E-state index in [1.54, 1.807) is 39.5 Å². The molecule has 14 nitrogen and oxygen atoms in total. The number of hydrogen-bond donors (Lipinski definition) is 4. The first kappa shape index (κ1) is 40.5. The summed E-state index contributed by atoms with van der Waals surface area (Å²) in [4.78, 5) is 68.7. The summed E-state index contributed by atoms with van der Waals surface area (Å²) in [6.07, 6.45) is 0.441. The lowest BCUT2D eigenvalue weighted by molar-refractivity contribution is -0.134. The average Bonchev–Trinajstić information content (AvgIpc) is 4.15. The number of methoxy groups -OCH3 is 2. The quantitative estimate of drug-likeness (QED) is 0.116. The van der Waals surface area contributed by atoms with Gasteiger partial charge in [-0.3, -0.25) is 14.6 Å². The Labute approximate surface area is 355 Å². The van der Waals surface area contributed by atoms with Gasteiger partial charge in [0.15, 0.2) is 0 Å². The monoisotopic (exact) mass is 844 g/mol. The summed E-state index contributed by atoms with van der Waals surface area (Å²) in [6.45, 7) is 0.546. The highest BCUT2D eigenvalue weighted by molar-refractivity contribution is 7.99. The summed E-state index contributed by atoms with van der Waals surface area (Å²) in [5.41, 5.74) is 6.35. The van der Waals surface area contributed by atoms with Gasteiger partial charge in [0.05, 0.1) is 62.5 Å². The molecule has 5 aromatic rings. The van der Waals surface area contributed by atoms with Crippen molar-refractivity contribution in [1.82, 2.24) is 35.7 Å². The number of rotatable bonds is 11. The maximum absolute atomic E-state index is 13.9. The van der Waals surface area contributed by atoms with E-state index in [-0.39, 0.29) is 29.9 Å². The number of nitrogens with zero attached hydrogens (tertiary/aromatic N) is 4. The molecule has 60 heavy (non-hydrogen) atoms. The summed E-state index contributed by atoms with van der Waals surface area (Å²) < 4.78 is 9.65. The minimum absolute atomic E-state index is 0.0375. The number of hydrogen-bond acceptors (Lipinski definition) is 11. The van der Waals surface area contributed by atoms with Crippen molar-refractivity contribution in [2.75, 3.05) is 44.0 Å². The Bertz CT molecular complexity index is 2350. The molecule has 308 valence electrons. The van der Waals surface area contributed by atoms with Gasteiger partial charge in [0.2, 0.25) is 0 Å². The second kappa shape index (κ2) is 18.3. The summed E-state index contributed by atoms with van der Waals surface area (Å²) in [7, 11) is 2.56. The van der Waals surface area contributed by atoms with Gasteiger partial charge in [0, 0.05) is 11.5 Å². The largest absolute Gasteiger partial charge is 0.453 e. The highest BCUT2D eigenvalue weighted by atomic mass is 32.2. The van der Waals surface area contributed by atoms with Crippen molar-refractivity contribution in [3.05, 3.63) is 138 Å². The second-order valence-electron chi connectivity index (χ2n) is 14.4. The number of nitrogens with one attached hydrogen (secondary N) is 4. The molecule has 0 radical (unpaired) electrons. The number of carbonyl (C=O) groups excluding carboxylic acids is 4. The van der Waals surface area contributed by atoms with Crippen LogP contribution in [0, 0.1) is 0 Å². The van der Waals surface area contributed by atoms with Crippen LogP contribution in [0.15, 0.2) is 120 Å². The molecule has 0 aliphatic carbocycles. The minimum Gasteiger partial charge on any atom is -0.453 e. The van der Waals surface area contributed by atoms with Crippen LogP contribution in [0.1, 0.15) is 46.7 Å². The van der Waals surface area contributed by atoms with Gasteiger partial charge in [0.25, 0.3) is 11.8 Å². The molecular formula is C44H44N8O6S2. The number of aromatic amines is 1. The van der Waals surface area contributed by atoms with Crippen LogP contribution in [0.5, 0.6) is 0 Å². The Morgan fingerprint density at radius 2 is 1.18 bits per heavy atom. The fraction of sp³-hybridized carbons (Fsp3) is 0.273. The first-order valence-electron chi connectivity index (χ1n) is 19.4. The molecular weight excluding hydrogens is 801 g/mol. The molecule has 4 heterocycles. The van der Waals surface area contributed by atoms with E-state index >= 15 is 0 Å². The van der Waals surface area contributed by atoms with E-state index in [2.05, 4.69) is 57.3 Å². The van der Waals surface area contributed by atoms with Crippen molar-refractivity contribution in [2.45, 2.75) is 30.2 Å². The molecule has 2 fully saturated rings. The van der Waals surface area contributed by atoms with E-state index in [9.17, 15) is 19.2 Å². The Morgan fingerprint density at radius 1 is 0.683 bits per heavy atom. The zero-order chi connectivity index (χ0) is 41.6. The number of benzene rings is 4. The molecule has 3 aliphatic heterocycles. The van der Waals surface area contributed by atoms with Crippen molar-refractivity contribution < 1.29 is 28.7 Å². The van der Waals surface area contributed by atoms with E-state index < -0.39 is 24.3 Å². The Hall–Kier alpha value is -6.26.